The molecule has 0 bridgehead atoms. The molecule has 0 spiro atoms. The Morgan fingerprint density at radius 3 is 2.31 bits per heavy atom. The van der Waals surface area contributed by atoms with Crippen LogP contribution in [0.2, 0.25) is 0 Å². The van der Waals surface area contributed by atoms with Crippen molar-refractivity contribution in [2.45, 2.75) is 19.9 Å². The lowest BCUT2D eigenvalue weighted by Gasteiger charge is -2.28. The van der Waals surface area contributed by atoms with Gasteiger partial charge in [-0.3, -0.25) is 4.79 Å². The molecule has 6 nitrogen and oxygen atoms in total. The van der Waals surface area contributed by atoms with Crippen LogP contribution in [0.3, 0.4) is 0 Å². The maximum Gasteiger partial charge on any atom is 0.319 e. The topological polar surface area (TPSA) is 79.5 Å². The molecular formula is C20H21N3O3. The molecule has 1 heterocycles. The second-order valence-corrected chi connectivity index (χ2v) is 6.16. The van der Waals surface area contributed by atoms with Crippen LogP contribution >= 0.6 is 0 Å². The van der Waals surface area contributed by atoms with E-state index in [0.29, 0.717) is 22.7 Å². The average Bonchev–Trinajstić information content (AvgIpc) is 2.62. The van der Waals surface area contributed by atoms with Crippen LogP contribution in [0.15, 0.2) is 59.8 Å². The molecule has 0 saturated heterocycles. The predicted octanol–water partition coefficient (Wildman–Crippen LogP) is 3.27. The highest BCUT2D eigenvalue weighted by molar-refractivity contribution is 6.06. The molecule has 3 amide bonds. The predicted molar refractivity (Wildman–Crippen MR) is 99.9 cm³/mol. The number of urea groups is 1. The lowest BCUT2D eigenvalue weighted by atomic mass is 9.94. The second-order valence-electron chi connectivity index (χ2n) is 6.16. The van der Waals surface area contributed by atoms with E-state index in [9.17, 15) is 9.59 Å². The standard InChI is InChI=1S/C20H21N3O3/c1-12-4-6-14(7-5-12)18-17(13(2)21-20(25)23-18)19(24)22-15-8-10-16(26-3)11-9-15/h4-11,18H,1-3H3,(H,22,24)(H2,21,23,25)/t18-/m1/s1. The minimum Gasteiger partial charge on any atom is -0.497 e. The molecule has 2 aromatic rings. The lowest BCUT2D eigenvalue weighted by molar-refractivity contribution is -0.113. The highest BCUT2D eigenvalue weighted by Gasteiger charge is 2.31. The molecule has 0 unspecified atom stereocenters. The molecule has 2 aromatic carbocycles. The summed E-state index contributed by atoms with van der Waals surface area (Å²) in [7, 11) is 1.59. The molecule has 0 fully saturated rings. The monoisotopic (exact) mass is 351 g/mol. The Morgan fingerprint density at radius 1 is 1.04 bits per heavy atom. The van der Waals surface area contributed by atoms with Gasteiger partial charge in [0, 0.05) is 11.4 Å². The molecule has 6 heteroatoms. The summed E-state index contributed by atoms with van der Waals surface area (Å²) in [5.41, 5.74) is 3.62. The number of ether oxygens (including phenoxy) is 1. The third kappa shape index (κ3) is 3.69. The Kier molecular flexibility index (Phi) is 4.93. The number of allylic oxidation sites excluding steroid dienone is 1. The van der Waals surface area contributed by atoms with Gasteiger partial charge in [-0.2, -0.15) is 0 Å². The first-order valence-electron chi connectivity index (χ1n) is 8.28. The Balaban J connectivity index is 1.89. The number of hydrogen-bond donors (Lipinski definition) is 3. The number of carbonyl (C=O) groups is 2. The van der Waals surface area contributed by atoms with Gasteiger partial charge in [-0.25, -0.2) is 4.79 Å². The van der Waals surface area contributed by atoms with Gasteiger partial charge in [0.05, 0.1) is 18.7 Å². The fourth-order valence-corrected chi connectivity index (χ4v) is 2.88. The number of hydrogen-bond acceptors (Lipinski definition) is 3. The van der Waals surface area contributed by atoms with E-state index in [1.54, 1.807) is 38.3 Å². The molecule has 1 aliphatic heterocycles. The van der Waals surface area contributed by atoms with Crippen LogP contribution in [0.4, 0.5) is 10.5 Å². The summed E-state index contributed by atoms with van der Waals surface area (Å²) in [5.74, 6) is 0.438. The summed E-state index contributed by atoms with van der Waals surface area (Å²) in [5, 5.41) is 8.38. The molecule has 26 heavy (non-hydrogen) atoms. The molecule has 0 aliphatic carbocycles. The van der Waals surface area contributed by atoms with Crippen LogP contribution < -0.4 is 20.7 Å². The zero-order chi connectivity index (χ0) is 18.7. The molecule has 134 valence electrons. The normalized spacial score (nSPS) is 16.6. The number of carbonyl (C=O) groups excluding carboxylic acids is 2. The van der Waals surface area contributed by atoms with E-state index in [-0.39, 0.29) is 11.9 Å². The second kappa shape index (κ2) is 7.31. The number of aryl methyl sites for hydroxylation is 1. The fourth-order valence-electron chi connectivity index (χ4n) is 2.88. The summed E-state index contributed by atoms with van der Waals surface area (Å²) < 4.78 is 5.12. The Labute approximate surface area is 152 Å². The van der Waals surface area contributed by atoms with Gasteiger partial charge in [-0.05, 0) is 43.7 Å². The third-order valence-electron chi connectivity index (χ3n) is 4.27. The Bertz CT molecular complexity index is 855. The van der Waals surface area contributed by atoms with Crippen LogP contribution in [0.1, 0.15) is 24.1 Å². The van der Waals surface area contributed by atoms with Gasteiger partial charge >= 0.3 is 6.03 Å². The fraction of sp³-hybridized carbons (Fsp3) is 0.200. The van der Waals surface area contributed by atoms with Gasteiger partial charge in [-0.15, -0.1) is 0 Å². The van der Waals surface area contributed by atoms with Crippen LogP contribution in [0.5, 0.6) is 5.75 Å². The highest BCUT2D eigenvalue weighted by Crippen LogP contribution is 2.28. The molecule has 1 atom stereocenters. The highest BCUT2D eigenvalue weighted by atomic mass is 16.5. The number of anilines is 1. The third-order valence-corrected chi connectivity index (χ3v) is 4.27. The molecule has 1 aliphatic rings. The quantitative estimate of drug-likeness (QED) is 0.791. The summed E-state index contributed by atoms with van der Waals surface area (Å²) in [6, 6.07) is 14.0. The van der Waals surface area contributed by atoms with Crippen LogP contribution in [0, 0.1) is 6.92 Å². The first kappa shape index (κ1) is 17.5. The lowest BCUT2D eigenvalue weighted by Crippen LogP contribution is -2.45. The van der Waals surface area contributed by atoms with E-state index in [1.807, 2.05) is 31.2 Å². The number of nitrogens with one attached hydrogen (secondary N) is 3. The molecular weight excluding hydrogens is 330 g/mol. The first-order valence-corrected chi connectivity index (χ1v) is 8.28. The van der Waals surface area contributed by atoms with Crippen LogP contribution in [-0.4, -0.2) is 19.0 Å². The van der Waals surface area contributed by atoms with Crippen molar-refractivity contribution in [2.24, 2.45) is 0 Å². The van der Waals surface area contributed by atoms with E-state index in [2.05, 4.69) is 16.0 Å². The van der Waals surface area contributed by atoms with E-state index in [4.69, 9.17) is 4.74 Å². The van der Waals surface area contributed by atoms with Crippen molar-refractivity contribution in [1.29, 1.82) is 0 Å². The summed E-state index contributed by atoms with van der Waals surface area (Å²) in [6.45, 7) is 3.71. The largest absolute Gasteiger partial charge is 0.497 e. The van der Waals surface area contributed by atoms with Crippen molar-refractivity contribution in [3.05, 3.63) is 70.9 Å². The van der Waals surface area contributed by atoms with Crippen molar-refractivity contribution >= 4 is 17.6 Å². The minimum atomic E-state index is -0.511. The first-order chi connectivity index (χ1) is 12.5. The maximum atomic E-state index is 12.9. The number of amides is 3. The van der Waals surface area contributed by atoms with Gasteiger partial charge in [0.25, 0.3) is 5.91 Å². The number of benzene rings is 2. The average molecular weight is 351 g/mol. The van der Waals surface area contributed by atoms with Crippen LogP contribution in [-0.2, 0) is 4.79 Å². The zero-order valence-corrected chi connectivity index (χ0v) is 14.9. The van der Waals surface area contributed by atoms with Gasteiger partial charge in [-0.1, -0.05) is 29.8 Å². The van der Waals surface area contributed by atoms with E-state index >= 15 is 0 Å². The summed E-state index contributed by atoms with van der Waals surface area (Å²) >= 11 is 0. The van der Waals surface area contributed by atoms with Crippen molar-refractivity contribution in [1.82, 2.24) is 10.6 Å². The van der Waals surface area contributed by atoms with Crippen molar-refractivity contribution in [2.75, 3.05) is 12.4 Å². The zero-order valence-electron chi connectivity index (χ0n) is 14.9. The van der Waals surface area contributed by atoms with Gasteiger partial charge in [0.2, 0.25) is 0 Å². The smallest absolute Gasteiger partial charge is 0.319 e. The molecule has 0 radical (unpaired) electrons. The molecule has 0 aromatic heterocycles. The number of methoxy groups -OCH3 is 1. The van der Waals surface area contributed by atoms with Gasteiger partial charge < -0.3 is 20.7 Å². The van der Waals surface area contributed by atoms with E-state index in [1.165, 1.54) is 0 Å². The van der Waals surface area contributed by atoms with Gasteiger partial charge in [0.15, 0.2) is 0 Å². The van der Waals surface area contributed by atoms with E-state index < -0.39 is 6.04 Å². The molecule has 3 N–H and O–H groups in total. The SMILES string of the molecule is COc1ccc(NC(=O)C2=C(C)NC(=O)N[C@@H]2c2ccc(C)cc2)cc1. The Hall–Kier alpha value is -3.28. The van der Waals surface area contributed by atoms with Crippen molar-refractivity contribution in [3.63, 3.8) is 0 Å². The van der Waals surface area contributed by atoms with E-state index in [0.717, 1.165) is 11.1 Å². The summed E-state index contributed by atoms with van der Waals surface area (Å²) in [4.78, 5) is 24.8. The van der Waals surface area contributed by atoms with Crippen LogP contribution in [0.25, 0.3) is 0 Å². The maximum absolute atomic E-state index is 12.9. The van der Waals surface area contributed by atoms with Crippen molar-refractivity contribution < 1.29 is 14.3 Å². The summed E-state index contributed by atoms with van der Waals surface area (Å²) in [6.07, 6.45) is 0. The molecule has 3 rings (SSSR count). The van der Waals surface area contributed by atoms with Crippen molar-refractivity contribution in [3.8, 4) is 5.75 Å². The minimum absolute atomic E-state index is 0.272. The Morgan fingerprint density at radius 2 is 1.69 bits per heavy atom. The van der Waals surface area contributed by atoms with Gasteiger partial charge in [0.1, 0.15) is 5.75 Å². The molecule has 0 saturated carbocycles. The number of rotatable bonds is 4.